The largest absolute Gasteiger partial charge is 0.344 e. The van der Waals surface area contributed by atoms with E-state index in [1.165, 1.54) is 11.3 Å². The van der Waals surface area contributed by atoms with E-state index in [9.17, 15) is 9.59 Å². The first-order valence-electron chi connectivity index (χ1n) is 13.5. The van der Waals surface area contributed by atoms with E-state index in [-0.39, 0.29) is 23.1 Å². The number of nitrogens with zero attached hydrogens (tertiary/aromatic N) is 3. The van der Waals surface area contributed by atoms with Crippen LogP contribution in [-0.4, -0.2) is 78.0 Å². The first-order chi connectivity index (χ1) is 17.9. The smallest absolute Gasteiger partial charge is 0.245 e. The van der Waals surface area contributed by atoms with Gasteiger partial charge >= 0.3 is 0 Å². The van der Waals surface area contributed by atoms with Crippen molar-refractivity contribution >= 4 is 23.8 Å². The predicted molar refractivity (Wildman–Crippen MR) is 153 cm³/mol. The van der Waals surface area contributed by atoms with Crippen molar-refractivity contribution in [2.24, 2.45) is 11.3 Å². The third-order valence-electron chi connectivity index (χ3n) is 8.42. The molecule has 2 amide bonds. The molecule has 7 heteroatoms. The Kier molecular flexibility index (Phi) is 9.19. The van der Waals surface area contributed by atoms with Crippen LogP contribution in [0, 0.1) is 11.3 Å². The van der Waals surface area contributed by atoms with E-state index >= 15 is 0 Å². The molecular weight excluding hydrogens is 480 g/mol. The molecule has 3 heterocycles. The van der Waals surface area contributed by atoms with Gasteiger partial charge in [0, 0.05) is 49.3 Å². The summed E-state index contributed by atoms with van der Waals surface area (Å²) >= 11 is 1.76. The number of rotatable bonds is 8. The number of carbonyl (C=O) groups excluding carboxylic acids is 2. The summed E-state index contributed by atoms with van der Waals surface area (Å²) in [4.78, 5) is 31.3. The Labute approximate surface area is 227 Å². The van der Waals surface area contributed by atoms with Crippen LogP contribution in [0.2, 0.25) is 0 Å². The Morgan fingerprint density at radius 1 is 1.16 bits per heavy atom. The van der Waals surface area contributed by atoms with Crippen LogP contribution >= 0.6 is 11.9 Å². The second kappa shape index (κ2) is 12.4. The van der Waals surface area contributed by atoms with Gasteiger partial charge in [0.15, 0.2) is 0 Å². The van der Waals surface area contributed by atoms with Crippen molar-refractivity contribution in [3.63, 3.8) is 0 Å². The summed E-state index contributed by atoms with van der Waals surface area (Å²) in [6.07, 6.45) is 12.2. The zero-order valence-electron chi connectivity index (χ0n) is 22.6. The summed E-state index contributed by atoms with van der Waals surface area (Å²) in [5.74, 6) is 0.0523. The van der Waals surface area contributed by atoms with Crippen LogP contribution in [0.15, 0.2) is 66.4 Å². The molecule has 4 rings (SSSR count). The van der Waals surface area contributed by atoms with Crippen LogP contribution in [0.4, 0.5) is 0 Å². The maximum Gasteiger partial charge on any atom is 0.245 e. The molecule has 3 aliphatic heterocycles. The summed E-state index contributed by atoms with van der Waals surface area (Å²) in [6.45, 7) is 10.3. The third kappa shape index (κ3) is 6.32. The number of piperidine rings is 2. The van der Waals surface area contributed by atoms with E-state index < -0.39 is 6.04 Å². The summed E-state index contributed by atoms with van der Waals surface area (Å²) in [5, 5.41) is 3.18. The highest BCUT2D eigenvalue weighted by atomic mass is 32.2. The zero-order valence-corrected chi connectivity index (χ0v) is 23.4. The minimum absolute atomic E-state index is 0.0183. The maximum atomic E-state index is 13.9. The van der Waals surface area contributed by atoms with Gasteiger partial charge in [-0.05, 0) is 63.9 Å². The van der Waals surface area contributed by atoms with Crippen molar-refractivity contribution < 1.29 is 9.59 Å². The van der Waals surface area contributed by atoms with Gasteiger partial charge < -0.3 is 19.4 Å². The van der Waals surface area contributed by atoms with E-state index in [2.05, 4.69) is 47.4 Å². The minimum Gasteiger partial charge on any atom is -0.344 e. The highest BCUT2D eigenvalue weighted by Crippen LogP contribution is 2.49. The number of benzene rings is 1. The summed E-state index contributed by atoms with van der Waals surface area (Å²) < 4.78 is 2.38. The molecule has 3 aliphatic rings. The van der Waals surface area contributed by atoms with E-state index in [1.807, 2.05) is 47.4 Å². The van der Waals surface area contributed by atoms with Crippen LogP contribution in [-0.2, 0) is 16.0 Å². The van der Waals surface area contributed by atoms with E-state index in [4.69, 9.17) is 0 Å². The third-order valence-corrected chi connectivity index (χ3v) is 9.26. The van der Waals surface area contributed by atoms with E-state index in [0.717, 1.165) is 50.9 Å². The van der Waals surface area contributed by atoms with Gasteiger partial charge in [0.05, 0.1) is 0 Å². The quantitative estimate of drug-likeness (QED) is 0.408. The van der Waals surface area contributed by atoms with Crippen LogP contribution in [0.5, 0.6) is 0 Å². The molecule has 1 N–H and O–H groups in total. The maximum absolute atomic E-state index is 13.9. The Morgan fingerprint density at radius 3 is 2.46 bits per heavy atom. The van der Waals surface area contributed by atoms with Crippen LogP contribution in [0.1, 0.15) is 38.2 Å². The number of amides is 2. The van der Waals surface area contributed by atoms with E-state index in [0.29, 0.717) is 19.5 Å². The molecule has 0 radical (unpaired) electrons. The summed E-state index contributed by atoms with van der Waals surface area (Å²) in [5.41, 5.74) is 3.79. The van der Waals surface area contributed by atoms with Gasteiger partial charge in [-0.15, -0.1) is 0 Å². The second-order valence-corrected chi connectivity index (χ2v) is 11.6. The molecule has 0 unspecified atom stereocenters. The molecule has 1 aromatic carbocycles. The molecule has 6 nitrogen and oxygen atoms in total. The van der Waals surface area contributed by atoms with Crippen molar-refractivity contribution in [1.82, 2.24) is 19.4 Å². The Balaban J connectivity index is 1.47. The highest BCUT2D eigenvalue weighted by Gasteiger charge is 2.45. The standard InChI is InChI=1S/C30H42N4O2S/c1-5-6-12-26-23(2)34(37-4)22-30(26)15-19-33(20-16-30)29(36)27(21-24-10-8-7-9-11-24)31-28(35)25-13-17-32(3)18-14-25/h5-12,25,27H,1,13-22H2,2-4H3,(H,31,35)/b12-6-/t27-/m1/s1. The number of carbonyl (C=O) groups is 2. The molecule has 0 aromatic heterocycles. The molecule has 37 heavy (non-hydrogen) atoms. The predicted octanol–water partition coefficient (Wildman–Crippen LogP) is 4.27. The molecule has 200 valence electrons. The normalized spacial score (nSPS) is 21.6. The lowest BCUT2D eigenvalue weighted by Crippen LogP contribution is -2.54. The molecule has 2 saturated heterocycles. The number of hydrogen-bond donors (Lipinski definition) is 1. The SMILES string of the molecule is C=C/C=C\C1=C(C)N(SC)CC12CCN(C(=O)[C@@H](Cc1ccccc1)NC(=O)C1CCN(C)CC1)CC2. The van der Waals surface area contributed by atoms with Crippen molar-refractivity contribution in [1.29, 1.82) is 0 Å². The molecule has 1 atom stereocenters. The number of hydrogen-bond acceptors (Lipinski definition) is 5. The van der Waals surface area contributed by atoms with Gasteiger partial charge in [-0.3, -0.25) is 9.59 Å². The van der Waals surface area contributed by atoms with Crippen molar-refractivity contribution in [2.45, 2.75) is 45.1 Å². The fourth-order valence-corrected chi connectivity index (χ4v) is 6.82. The van der Waals surface area contributed by atoms with Crippen LogP contribution in [0.3, 0.4) is 0 Å². The van der Waals surface area contributed by atoms with Gasteiger partial charge in [0.2, 0.25) is 11.8 Å². The van der Waals surface area contributed by atoms with Gasteiger partial charge in [-0.1, -0.05) is 67.1 Å². The Morgan fingerprint density at radius 2 is 1.84 bits per heavy atom. The molecule has 0 saturated carbocycles. The van der Waals surface area contributed by atoms with Crippen molar-refractivity contribution in [3.8, 4) is 0 Å². The van der Waals surface area contributed by atoms with Gasteiger partial charge in [-0.25, -0.2) is 0 Å². The summed E-state index contributed by atoms with van der Waals surface area (Å²) in [6, 6.07) is 9.50. The molecular formula is C30H42N4O2S. The summed E-state index contributed by atoms with van der Waals surface area (Å²) in [7, 11) is 2.09. The van der Waals surface area contributed by atoms with Gasteiger partial charge in [0.25, 0.3) is 0 Å². The average Bonchev–Trinajstić information content (AvgIpc) is 3.17. The lowest BCUT2D eigenvalue weighted by Gasteiger charge is -2.42. The monoisotopic (exact) mass is 522 g/mol. The minimum atomic E-state index is -0.535. The lowest BCUT2D eigenvalue weighted by atomic mass is 9.73. The first kappa shape index (κ1) is 27.5. The topological polar surface area (TPSA) is 55.9 Å². The molecule has 0 aliphatic carbocycles. The molecule has 0 bridgehead atoms. The molecule has 2 fully saturated rings. The van der Waals surface area contributed by atoms with Gasteiger partial charge in [0.1, 0.15) is 6.04 Å². The van der Waals surface area contributed by atoms with Crippen LogP contribution < -0.4 is 5.32 Å². The van der Waals surface area contributed by atoms with E-state index in [1.54, 1.807) is 11.9 Å². The highest BCUT2D eigenvalue weighted by molar-refractivity contribution is 7.96. The first-order valence-corrected chi connectivity index (χ1v) is 14.7. The van der Waals surface area contributed by atoms with Gasteiger partial charge in [-0.2, -0.15) is 0 Å². The van der Waals surface area contributed by atoms with Crippen molar-refractivity contribution in [2.75, 3.05) is 46.0 Å². The van der Waals surface area contributed by atoms with Crippen molar-refractivity contribution in [3.05, 3.63) is 72.0 Å². The Hall–Kier alpha value is -2.51. The molecule has 1 aromatic rings. The number of nitrogens with one attached hydrogen (secondary N) is 1. The number of allylic oxidation sites excluding steroid dienone is 4. The fraction of sp³-hybridized carbons (Fsp3) is 0.533. The molecule has 1 spiro atoms. The van der Waals surface area contributed by atoms with Crippen LogP contribution in [0.25, 0.3) is 0 Å². The number of likely N-dealkylation sites (tertiary alicyclic amines) is 2. The zero-order chi connectivity index (χ0) is 26.4. The lowest BCUT2D eigenvalue weighted by molar-refractivity contribution is -0.139. The average molecular weight is 523 g/mol. The fourth-order valence-electron chi connectivity index (χ4n) is 6.07. The Bertz CT molecular complexity index is 1020. The second-order valence-electron chi connectivity index (χ2n) is 10.7.